The maximum atomic E-state index is 12.3. The molecule has 0 unspecified atom stereocenters. The molecule has 0 fully saturated rings. The summed E-state index contributed by atoms with van der Waals surface area (Å²) in [6.45, 7) is 7.29. The smallest absolute Gasteiger partial charge is 0.247 e. The maximum absolute atomic E-state index is 12.3. The second-order valence-electron chi connectivity index (χ2n) is 4.41. The Bertz CT molecular complexity index is 503. The Morgan fingerprint density at radius 3 is 2.00 bits per heavy atom. The molecule has 0 aliphatic rings. The van der Waals surface area contributed by atoms with E-state index in [2.05, 4.69) is 4.98 Å². The number of hydrogen-bond donors (Lipinski definition) is 1. The average molecular weight is 258 g/mol. The van der Waals surface area contributed by atoms with Gasteiger partial charge in [0.2, 0.25) is 15.6 Å². The highest BCUT2D eigenvalue weighted by atomic mass is 32.2. The second kappa shape index (κ2) is 5.01. The van der Waals surface area contributed by atoms with Crippen molar-refractivity contribution in [3.8, 4) is 0 Å². The van der Waals surface area contributed by atoms with E-state index in [0.29, 0.717) is 0 Å². The zero-order valence-electron chi connectivity index (χ0n) is 10.5. The quantitative estimate of drug-likeness (QED) is 0.881. The van der Waals surface area contributed by atoms with E-state index in [1.165, 1.54) is 22.6 Å². The van der Waals surface area contributed by atoms with Crippen molar-refractivity contribution in [2.75, 3.05) is 0 Å². The van der Waals surface area contributed by atoms with Crippen molar-refractivity contribution in [1.29, 1.82) is 0 Å². The van der Waals surface area contributed by atoms with E-state index in [1.807, 2.05) is 27.7 Å². The van der Waals surface area contributed by atoms with Gasteiger partial charge >= 0.3 is 0 Å². The van der Waals surface area contributed by atoms with Crippen molar-refractivity contribution in [3.63, 3.8) is 0 Å². The SMILES string of the molecule is CC(C)N(C(C)C)S(=O)(=O)c1ccc(=O)[nH]c1. The highest BCUT2D eigenvalue weighted by Gasteiger charge is 2.29. The van der Waals surface area contributed by atoms with E-state index in [-0.39, 0.29) is 22.5 Å². The molecule has 0 atom stereocenters. The first-order valence-electron chi connectivity index (χ1n) is 5.49. The molecule has 0 aromatic carbocycles. The molecule has 1 N–H and O–H groups in total. The Labute approximate surface area is 102 Å². The van der Waals surface area contributed by atoms with Crippen LogP contribution in [0.2, 0.25) is 0 Å². The van der Waals surface area contributed by atoms with Gasteiger partial charge in [0.1, 0.15) is 0 Å². The third-order valence-corrected chi connectivity index (χ3v) is 4.60. The van der Waals surface area contributed by atoms with Crippen molar-refractivity contribution in [1.82, 2.24) is 9.29 Å². The Balaban J connectivity index is 3.26. The Kier molecular flexibility index (Phi) is 4.11. The van der Waals surface area contributed by atoms with Crippen molar-refractivity contribution in [3.05, 3.63) is 28.7 Å². The first kappa shape index (κ1) is 13.9. The fourth-order valence-corrected chi connectivity index (χ4v) is 3.63. The fourth-order valence-electron chi connectivity index (χ4n) is 1.83. The van der Waals surface area contributed by atoms with E-state index < -0.39 is 10.0 Å². The van der Waals surface area contributed by atoms with Crippen LogP contribution in [0.25, 0.3) is 0 Å². The molecule has 1 rings (SSSR count). The highest BCUT2D eigenvalue weighted by Crippen LogP contribution is 2.19. The van der Waals surface area contributed by atoms with E-state index in [9.17, 15) is 13.2 Å². The van der Waals surface area contributed by atoms with Gasteiger partial charge in [-0.2, -0.15) is 4.31 Å². The van der Waals surface area contributed by atoms with Gasteiger partial charge in [-0.05, 0) is 33.8 Å². The summed E-state index contributed by atoms with van der Waals surface area (Å²) in [5, 5.41) is 0. The average Bonchev–Trinajstić information content (AvgIpc) is 2.16. The molecule has 96 valence electrons. The Morgan fingerprint density at radius 2 is 1.65 bits per heavy atom. The summed E-state index contributed by atoms with van der Waals surface area (Å²) in [6.07, 6.45) is 1.23. The van der Waals surface area contributed by atoms with Crippen LogP contribution < -0.4 is 5.56 Å². The summed E-state index contributed by atoms with van der Waals surface area (Å²) >= 11 is 0. The zero-order chi connectivity index (χ0) is 13.2. The van der Waals surface area contributed by atoms with Crippen LogP contribution in [0.5, 0.6) is 0 Å². The fraction of sp³-hybridized carbons (Fsp3) is 0.545. The Hall–Kier alpha value is -1.14. The largest absolute Gasteiger partial charge is 0.328 e. The molecule has 1 aromatic heterocycles. The number of aromatic nitrogens is 1. The number of aromatic amines is 1. The van der Waals surface area contributed by atoms with Gasteiger partial charge in [0.25, 0.3) is 0 Å². The van der Waals surface area contributed by atoms with Gasteiger partial charge in [-0.15, -0.1) is 0 Å². The standard InChI is InChI=1S/C11H18N2O3S/c1-8(2)13(9(3)4)17(15,16)10-5-6-11(14)12-7-10/h5-9H,1-4H3,(H,12,14). The summed E-state index contributed by atoms with van der Waals surface area (Å²) in [4.78, 5) is 13.4. The van der Waals surface area contributed by atoms with E-state index >= 15 is 0 Å². The predicted octanol–water partition coefficient (Wildman–Crippen LogP) is 1.18. The molecule has 1 aromatic rings. The molecular formula is C11H18N2O3S. The number of sulfonamides is 1. The van der Waals surface area contributed by atoms with Crippen LogP contribution >= 0.6 is 0 Å². The monoisotopic (exact) mass is 258 g/mol. The minimum Gasteiger partial charge on any atom is -0.328 e. The van der Waals surface area contributed by atoms with Crippen LogP contribution in [0.1, 0.15) is 27.7 Å². The molecule has 0 aliphatic carbocycles. The van der Waals surface area contributed by atoms with Crippen molar-refractivity contribution < 1.29 is 8.42 Å². The third-order valence-electron chi connectivity index (χ3n) is 2.35. The van der Waals surface area contributed by atoms with E-state index in [1.54, 1.807) is 0 Å². The summed E-state index contributed by atoms with van der Waals surface area (Å²) in [5.41, 5.74) is -0.315. The van der Waals surface area contributed by atoms with Crippen LogP contribution in [-0.2, 0) is 10.0 Å². The summed E-state index contributed by atoms with van der Waals surface area (Å²) < 4.78 is 26.1. The van der Waals surface area contributed by atoms with E-state index in [4.69, 9.17) is 0 Å². The van der Waals surface area contributed by atoms with Crippen LogP contribution in [0, 0.1) is 0 Å². The van der Waals surface area contributed by atoms with E-state index in [0.717, 1.165) is 0 Å². The summed E-state index contributed by atoms with van der Waals surface area (Å²) in [6, 6.07) is 2.27. The topological polar surface area (TPSA) is 70.2 Å². The lowest BCUT2D eigenvalue weighted by molar-refractivity contribution is 0.302. The molecule has 6 heteroatoms. The van der Waals surface area contributed by atoms with Crippen LogP contribution in [0.15, 0.2) is 28.0 Å². The molecule has 0 aliphatic heterocycles. The first-order valence-corrected chi connectivity index (χ1v) is 6.93. The summed E-state index contributed by atoms with van der Waals surface area (Å²) in [5.74, 6) is 0. The molecule has 1 heterocycles. The number of hydrogen-bond acceptors (Lipinski definition) is 3. The molecule has 0 saturated carbocycles. The number of pyridine rings is 1. The number of nitrogens with one attached hydrogen (secondary N) is 1. The van der Waals surface area contributed by atoms with Gasteiger partial charge in [0.15, 0.2) is 0 Å². The lowest BCUT2D eigenvalue weighted by atomic mass is 10.3. The molecule has 0 bridgehead atoms. The molecule has 0 saturated heterocycles. The molecule has 5 nitrogen and oxygen atoms in total. The molecule has 0 radical (unpaired) electrons. The lowest BCUT2D eigenvalue weighted by Gasteiger charge is -2.29. The first-order chi connectivity index (χ1) is 7.76. The lowest BCUT2D eigenvalue weighted by Crippen LogP contribution is -2.42. The number of rotatable bonds is 4. The van der Waals surface area contributed by atoms with Crippen LogP contribution in [0.4, 0.5) is 0 Å². The van der Waals surface area contributed by atoms with Crippen molar-refractivity contribution in [2.24, 2.45) is 0 Å². The Morgan fingerprint density at radius 1 is 1.12 bits per heavy atom. The molecular weight excluding hydrogens is 240 g/mol. The van der Waals surface area contributed by atoms with Crippen molar-refractivity contribution in [2.45, 2.75) is 44.7 Å². The highest BCUT2D eigenvalue weighted by molar-refractivity contribution is 7.89. The molecule has 0 amide bonds. The van der Waals surface area contributed by atoms with Crippen molar-refractivity contribution >= 4 is 10.0 Å². The minimum absolute atomic E-state index is 0.111. The molecule has 0 spiro atoms. The summed E-state index contributed by atoms with van der Waals surface area (Å²) in [7, 11) is -3.55. The minimum atomic E-state index is -3.55. The predicted molar refractivity (Wildman–Crippen MR) is 66.4 cm³/mol. The normalized spacial score (nSPS) is 12.6. The number of nitrogens with zero attached hydrogens (tertiary/aromatic N) is 1. The second-order valence-corrected chi connectivity index (χ2v) is 6.25. The van der Waals surface area contributed by atoms with Crippen LogP contribution in [0.3, 0.4) is 0 Å². The van der Waals surface area contributed by atoms with Gasteiger partial charge in [0, 0.05) is 24.3 Å². The number of H-pyrrole nitrogens is 1. The third kappa shape index (κ3) is 2.95. The van der Waals surface area contributed by atoms with Gasteiger partial charge in [0.05, 0.1) is 4.90 Å². The van der Waals surface area contributed by atoms with Gasteiger partial charge in [-0.1, -0.05) is 0 Å². The molecule has 17 heavy (non-hydrogen) atoms. The maximum Gasteiger partial charge on any atom is 0.247 e. The van der Waals surface area contributed by atoms with Gasteiger partial charge in [-0.3, -0.25) is 4.79 Å². The zero-order valence-corrected chi connectivity index (χ0v) is 11.3. The van der Waals surface area contributed by atoms with Gasteiger partial charge in [-0.25, -0.2) is 8.42 Å². The van der Waals surface area contributed by atoms with Gasteiger partial charge < -0.3 is 4.98 Å². The van der Waals surface area contributed by atoms with Crippen LogP contribution in [-0.4, -0.2) is 29.8 Å².